The third-order valence-corrected chi connectivity index (χ3v) is 4.90. The molecule has 0 amide bonds. The van der Waals surface area contributed by atoms with Crippen molar-refractivity contribution in [3.63, 3.8) is 0 Å². The predicted molar refractivity (Wildman–Crippen MR) is 95.0 cm³/mol. The van der Waals surface area contributed by atoms with E-state index in [0.29, 0.717) is 0 Å². The van der Waals surface area contributed by atoms with Gasteiger partial charge < -0.3 is 9.80 Å². The lowest BCUT2D eigenvalue weighted by Crippen LogP contribution is -2.46. The maximum atomic E-state index is 6.28. The molecule has 0 radical (unpaired) electrons. The number of para-hydroxylation sites is 2. The Kier molecular flexibility index (Phi) is 4.36. The Balaban J connectivity index is 1.72. The fraction of sp³-hybridized carbons (Fsp3) is 0.250. The lowest BCUT2D eigenvalue weighted by Gasteiger charge is -2.38. The summed E-state index contributed by atoms with van der Waals surface area (Å²) in [5, 5.41) is 0.843. The third-order valence-electron chi connectivity index (χ3n) is 3.67. The standard InChI is InChI=1S/C16H16ClIN2/c17-13-5-1-3-7-15(13)19-9-11-20(12-10-19)16-8-4-2-6-14(16)18/h1-8H,9-12H2. The molecule has 0 atom stereocenters. The van der Waals surface area contributed by atoms with E-state index in [-0.39, 0.29) is 0 Å². The summed E-state index contributed by atoms with van der Waals surface area (Å²) < 4.78 is 1.32. The van der Waals surface area contributed by atoms with Gasteiger partial charge in [0.05, 0.1) is 16.4 Å². The summed E-state index contributed by atoms with van der Waals surface area (Å²) in [5.41, 5.74) is 2.49. The number of benzene rings is 2. The van der Waals surface area contributed by atoms with Gasteiger partial charge in [0.25, 0.3) is 0 Å². The van der Waals surface area contributed by atoms with Crippen LogP contribution in [0.1, 0.15) is 0 Å². The highest BCUT2D eigenvalue weighted by Crippen LogP contribution is 2.28. The second-order valence-electron chi connectivity index (χ2n) is 4.88. The summed E-state index contributed by atoms with van der Waals surface area (Å²) in [5.74, 6) is 0. The summed E-state index contributed by atoms with van der Waals surface area (Å²) in [6.45, 7) is 4.08. The molecule has 0 bridgehead atoms. The highest BCUT2D eigenvalue weighted by atomic mass is 127. The van der Waals surface area contributed by atoms with Gasteiger partial charge in [0.2, 0.25) is 0 Å². The maximum Gasteiger partial charge on any atom is 0.0639 e. The van der Waals surface area contributed by atoms with E-state index in [0.717, 1.165) is 36.9 Å². The minimum Gasteiger partial charge on any atom is -0.367 e. The van der Waals surface area contributed by atoms with Gasteiger partial charge in [0.1, 0.15) is 0 Å². The van der Waals surface area contributed by atoms with Crippen molar-refractivity contribution < 1.29 is 0 Å². The van der Waals surface area contributed by atoms with Crippen LogP contribution in [-0.2, 0) is 0 Å². The molecule has 0 aliphatic carbocycles. The molecule has 1 heterocycles. The molecule has 0 saturated carbocycles. The first kappa shape index (κ1) is 14.0. The van der Waals surface area contributed by atoms with Crippen molar-refractivity contribution in [3.05, 3.63) is 57.1 Å². The van der Waals surface area contributed by atoms with Gasteiger partial charge in [-0.3, -0.25) is 0 Å². The van der Waals surface area contributed by atoms with Crippen molar-refractivity contribution in [2.75, 3.05) is 36.0 Å². The lowest BCUT2D eigenvalue weighted by atomic mass is 10.2. The minimum atomic E-state index is 0.843. The van der Waals surface area contributed by atoms with Crippen LogP contribution in [-0.4, -0.2) is 26.2 Å². The van der Waals surface area contributed by atoms with Crippen LogP contribution in [0, 0.1) is 3.57 Å². The molecular weight excluding hydrogens is 383 g/mol. The molecule has 2 aromatic rings. The predicted octanol–water partition coefficient (Wildman–Crippen LogP) is 4.27. The van der Waals surface area contributed by atoms with E-state index in [1.54, 1.807) is 0 Å². The van der Waals surface area contributed by atoms with E-state index >= 15 is 0 Å². The van der Waals surface area contributed by atoms with E-state index in [1.807, 2.05) is 18.2 Å². The van der Waals surface area contributed by atoms with E-state index in [2.05, 4.69) is 62.7 Å². The second kappa shape index (κ2) is 6.22. The van der Waals surface area contributed by atoms with Crippen LogP contribution in [0.15, 0.2) is 48.5 Å². The van der Waals surface area contributed by atoms with Crippen molar-refractivity contribution in [3.8, 4) is 0 Å². The highest BCUT2D eigenvalue weighted by Gasteiger charge is 2.19. The normalized spacial score (nSPS) is 15.5. The second-order valence-corrected chi connectivity index (χ2v) is 6.45. The van der Waals surface area contributed by atoms with Crippen LogP contribution in [0.25, 0.3) is 0 Å². The summed E-state index contributed by atoms with van der Waals surface area (Å²) in [6.07, 6.45) is 0. The molecule has 2 aromatic carbocycles. The fourth-order valence-electron chi connectivity index (χ4n) is 2.60. The van der Waals surface area contributed by atoms with E-state index in [1.165, 1.54) is 9.26 Å². The Morgan fingerprint density at radius 1 is 0.750 bits per heavy atom. The number of nitrogens with zero attached hydrogens (tertiary/aromatic N) is 2. The SMILES string of the molecule is Clc1ccccc1N1CCN(c2ccccc2I)CC1. The van der Waals surface area contributed by atoms with E-state index < -0.39 is 0 Å². The van der Waals surface area contributed by atoms with Crippen molar-refractivity contribution >= 4 is 45.6 Å². The van der Waals surface area contributed by atoms with Crippen molar-refractivity contribution in [2.45, 2.75) is 0 Å². The molecule has 4 heteroatoms. The zero-order chi connectivity index (χ0) is 13.9. The van der Waals surface area contributed by atoms with Gasteiger partial charge >= 0.3 is 0 Å². The first-order valence-corrected chi connectivity index (χ1v) is 8.20. The molecule has 2 nitrogen and oxygen atoms in total. The van der Waals surface area contributed by atoms with Crippen molar-refractivity contribution in [1.29, 1.82) is 0 Å². The smallest absolute Gasteiger partial charge is 0.0639 e. The van der Waals surface area contributed by atoms with Crippen LogP contribution in [0.2, 0.25) is 5.02 Å². The van der Waals surface area contributed by atoms with Crippen LogP contribution < -0.4 is 9.80 Å². The first-order chi connectivity index (χ1) is 9.75. The molecule has 1 fully saturated rings. The van der Waals surface area contributed by atoms with Gasteiger partial charge in [0, 0.05) is 29.7 Å². The largest absolute Gasteiger partial charge is 0.367 e. The number of hydrogen-bond donors (Lipinski definition) is 0. The van der Waals surface area contributed by atoms with Gasteiger partial charge in [0.15, 0.2) is 0 Å². The lowest BCUT2D eigenvalue weighted by molar-refractivity contribution is 0.653. The molecule has 0 N–H and O–H groups in total. The molecule has 1 aliphatic heterocycles. The molecule has 0 unspecified atom stereocenters. The average molecular weight is 399 g/mol. The Morgan fingerprint density at radius 2 is 1.25 bits per heavy atom. The number of piperazine rings is 1. The molecule has 1 saturated heterocycles. The molecular formula is C16H16ClIN2. The van der Waals surface area contributed by atoms with Crippen LogP contribution in [0.4, 0.5) is 11.4 Å². The Hall–Kier alpha value is -0.940. The van der Waals surface area contributed by atoms with Gasteiger partial charge in [-0.1, -0.05) is 35.9 Å². The molecule has 0 spiro atoms. The zero-order valence-electron chi connectivity index (χ0n) is 11.1. The Labute approximate surface area is 138 Å². The molecule has 0 aromatic heterocycles. The number of halogens is 2. The molecule has 104 valence electrons. The summed E-state index contributed by atoms with van der Waals surface area (Å²) in [7, 11) is 0. The van der Waals surface area contributed by atoms with Gasteiger partial charge in [-0.15, -0.1) is 0 Å². The van der Waals surface area contributed by atoms with Gasteiger partial charge in [-0.25, -0.2) is 0 Å². The number of hydrogen-bond acceptors (Lipinski definition) is 2. The first-order valence-electron chi connectivity index (χ1n) is 6.74. The van der Waals surface area contributed by atoms with Crippen molar-refractivity contribution in [1.82, 2.24) is 0 Å². The van der Waals surface area contributed by atoms with Gasteiger partial charge in [-0.05, 0) is 46.9 Å². The van der Waals surface area contributed by atoms with Gasteiger partial charge in [-0.2, -0.15) is 0 Å². The zero-order valence-corrected chi connectivity index (χ0v) is 14.0. The number of anilines is 2. The van der Waals surface area contributed by atoms with Crippen LogP contribution in [0.3, 0.4) is 0 Å². The topological polar surface area (TPSA) is 6.48 Å². The number of rotatable bonds is 2. The molecule has 3 rings (SSSR count). The fourth-order valence-corrected chi connectivity index (χ4v) is 3.59. The molecule has 20 heavy (non-hydrogen) atoms. The van der Waals surface area contributed by atoms with E-state index in [4.69, 9.17) is 11.6 Å². The summed E-state index contributed by atoms with van der Waals surface area (Å²) in [4.78, 5) is 4.82. The monoisotopic (exact) mass is 398 g/mol. The van der Waals surface area contributed by atoms with Crippen molar-refractivity contribution in [2.24, 2.45) is 0 Å². The van der Waals surface area contributed by atoms with Crippen LogP contribution in [0.5, 0.6) is 0 Å². The van der Waals surface area contributed by atoms with Crippen LogP contribution >= 0.6 is 34.2 Å². The summed E-state index contributed by atoms with van der Waals surface area (Å²) >= 11 is 8.69. The average Bonchev–Trinajstić information content (AvgIpc) is 2.49. The third kappa shape index (κ3) is 2.88. The maximum absolute atomic E-state index is 6.28. The Morgan fingerprint density at radius 3 is 1.85 bits per heavy atom. The molecule has 1 aliphatic rings. The quantitative estimate of drug-likeness (QED) is 0.697. The highest BCUT2D eigenvalue weighted by molar-refractivity contribution is 14.1. The summed E-state index contributed by atoms with van der Waals surface area (Å²) in [6, 6.07) is 16.7. The Bertz CT molecular complexity index is 541. The minimum absolute atomic E-state index is 0.843. The van der Waals surface area contributed by atoms with E-state index in [9.17, 15) is 0 Å².